The first-order chi connectivity index (χ1) is 11.5. The zero-order chi connectivity index (χ0) is 16.9. The fourth-order valence-corrected chi connectivity index (χ4v) is 3.56. The van der Waals surface area contributed by atoms with Gasteiger partial charge in [-0.25, -0.2) is 0 Å². The monoisotopic (exact) mass is 321 g/mol. The van der Waals surface area contributed by atoms with Crippen molar-refractivity contribution in [3.63, 3.8) is 0 Å². The van der Waals surface area contributed by atoms with Crippen LogP contribution in [0.4, 0.5) is 11.4 Å². The Labute approximate surface area is 140 Å². The largest absolute Gasteiger partial charge is 0.350 e. The molecule has 1 atom stereocenters. The highest BCUT2D eigenvalue weighted by molar-refractivity contribution is 6.14. The van der Waals surface area contributed by atoms with Gasteiger partial charge in [0.05, 0.1) is 5.56 Å². The van der Waals surface area contributed by atoms with Gasteiger partial charge in [-0.2, -0.15) is 0 Å². The second-order valence-electron chi connectivity index (χ2n) is 6.69. The molecule has 2 aliphatic heterocycles. The first-order valence-electron chi connectivity index (χ1n) is 8.14. The van der Waals surface area contributed by atoms with Crippen molar-refractivity contribution in [2.24, 2.45) is 5.92 Å². The van der Waals surface area contributed by atoms with Crippen LogP contribution < -0.4 is 10.6 Å². The minimum absolute atomic E-state index is 0.120. The standard InChI is InChI=1S/C19H19N3O2/c1-12(2)11-22-17(23)13-7-3-5-9-15(13)21-19(22)14-8-4-6-10-16(14)20-18(19)24/h3-10,12,21H,11H2,1-2H3,(H,20,24). The molecule has 2 aromatic rings. The molecule has 5 nitrogen and oxygen atoms in total. The zero-order valence-electron chi connectivity index (χ0n) is 13.7. The summed E-state index contributed by atoms with van der Waals surface area (Å²) < 4.78 is 0. The number of para-hydroxylation sites is 2. The Bertz CT molecular complexity index is 846. The molecule has 0 radical (unpaired) electrons. The van der Waals surface area contributed by atoms with Crippen molar-refractivity contribution in [2.45, 2.75) is 19.5 Å². The molecular weight excluding hydrogens is 302 g/mol. The molecule has 2 amide bonds. The summed E-state index contributed by atoms with van der Waals surface area (Å²) in [5, 5.41) is 6.27. The summed E-state index contributed by atoms with van der Waals surface area (Å²) in [6.45, 7) is 4.57. The van der Waals surface area contributed by atoms with E-state index in [9.17, 15) is 9.59 Å². The maximum absolute atomic E-state index is 13.2. The molecule has 2 heterocycles. The molecule has 0 aliphatic carbocycles. The first-order valence-corrected chi connectivity index (χ1v) is 8.14. The van der Waals surface area contributed by atoms with Gasteiger partial charge in [-0.1, -0.05) is 44.2 Å². The predicted molar refractivity (Wildman–Crippen MR) is 92.7 cm³/mol. The van der Waals surface area contributed by atoms with Crippen LogP contribution in [0.15, 0.2) is 48.5 Å². The van der Waals surface area contributed by atoms with E-state index in [4.69, 9.17) is 0 Å². The van der Waals surface area contributed by atoms with Gasteiger partial charge in [0.2, 0.25) is 5.66 Å². The molecule has 1 unspecified atom stereocenters. The number of anilines is 2. The SMILES string of the molecule is CC(C)CN1C(=O)c2ccccc2NC12C(=O)Nc1ccccc12. The van der Waals surface area contributed by atoms with Crippen LogP contribution in [0.2, 0.25) is 0 Å². The highest BCUT2D eigenvalue weighted by Crippen LogP contribution is 2.45. The molecule has 122 valence electrons. The highest BCUT2D eigenvalue weighted by Gasteiger charge is 2.56. The molecule has 0 fully saturated rings. The third-order valence-electron chi connectivity index (χ3n) is 4.56. The molecule has 0 saturated heterocycles. The van der Waals surface area contributed by atoms with E-state index in [-0.39, 0.29) is 17.7 Å². The number of amides is 2. The number of hydrogen-bond donors (Lipinski definition) is 2. The van der Waals surface area contributed by atoms with Crippen LogP contribution in [0.1, 0.15) is 29.8 Å². The fraction of sp³-hybridized carbons (Fsp3) is 0.263. The number of nitrogens with zero attached hydrogens (tertiary/aromatic N) is 1. The molecule has 0 aromatic heterocycles. The lowest BCUT2D eigenvalue weighted by Crippen LogP contribution is -2.62. The number of nitrogens with one attached hydrogen (secondary N) is 2. The van der Waals surface area contributed by atoms with Gasteiger partial charge < -0.3 is 15.5 Å². The van der Waals surface area contributed by atoms with Crippen molar-refractivity contribution in [2.75, 3.05) is 17.2 Å². The van der Waals surface area contributed by atoms with Crippen LogP contribution >= 0.6 is 0 Å². The van der Waals surface area contributed by atoms with Crippen LogP contribution in [0.5, 0.6) is 0 Å². The van der Waals surface area contributed by atoms with E-state index in [1.807, 2.05) is 56.3 Å². The van der Waals surface area contributed by atoms with E-state index in [1.165, 1.54) is 0 Å². The molecular formula is C19H19N3O2. The normalized spacial score (nSPS) is 21.5. The molecule has 5 heteroatoms. The number of fused-ring (bicyclic) bond motifs is 3. The van der Waals surface area contributed by atoms with Gasteiger partial charge in [0.25, 0.3) is 11.8 Å². The maximum atomic E-state index is 13.2. The van der Waals surface area contributed by atoms with Gasteiger partial charge in [-0.15, -0.1) is 0 Å². The number of carbonyl (C=O) groups excluding carboxylic acids is 2. The Balaban J connectivity index is 1.96. The minimum atomic E-state index is -1.19. The number of rotatable bonds is 2. The van der Waals surface area contributed by atoms with E-state index < -0.39 is 5.66 Å². The summed E-state index contributed by atoms with van der Waals surface area (Å²) in [5.41, 5.74) is 1.64. The molecule has 1 spiro atoms. The lowest BCUT2D eigenvalue weighted by Gasteiger charge is -2.45. The molecule has 2 aliphatic rings. The molecule has 2 N–H and O–H groups in total. The van der Waals surface area contributed by atoms with Crippen molar-refractivity contribution in [1.82, 2.24) is 4.90 Å². The molecule has 2 aromatic carbocycles. The first kappa shape index (κ1) is 14.8. The van der Waals surface area contributed by atoms with Crippen molar-refractivity contribution >= 4 is 23.2 Å². The van der Waals surface area contributed by atoms with Crippen LogP contribution in [0.25, 0.3) is 0 Å². The van der Waals surface area contributed by atoms with Crippen LogP contribution in [0.3, 0.4) is 0 Å². The van der Waals surface area contributed by atoms with Crippen molar-refractivity contribution < 1.29 is 9.59 Å². The van der Waals surface area contributed by atoms with Crippen LogP contribution in [-0.4, -0.2) is 23.3 Å². The van der Waals surface area contributed by atoms with E-state index in [2.05, 4.69) is 10.6 Å². The Morgan fingerprint density at radius 1 is 1.00 bits per heavy atom. The van der Waals surface area contributed by atoms with E-state index in [1.54, 1.807) is 11.0 Å². The third-order valence-corrected chi connectivity index (χ3v) is 4.56. The second-order valence-corrected chi connectivity index (χ2v) is 6.69. The van der Waals surface area contributed by atoms with E-state index >= 15 is 0 Å². The number of hydrogen-bond acceptors (Lipinski definition) is 3. The second kappa shape index (κ2) is 5.09. The van der Waals surface area contributed by atoms with Crippen molar-refractivity contribution in [3.8, 4) is 0 Å². The summed E-state index contributed by atoms with van der Waals surface area (Å²) in [4.78, 5) is 27.8. The Morgan fingerprint density at radius 3 is 2.42 bits per heavy atom. The summed E-state index contributed by atoms with van der Waals surface area (Å²) >= 11 is 0. The average Bonchev–Trinajstić information content (AvgIpc) is 2.84. The maximum Gasteiger partial charge on any atom is 0.276 e. The van der Waals surface area contributed by atoms with Gasteiger partial charge in [0, 0.05) is 23.5 Å². The summed E-state index contributed by atoms with van der Waals surface area (Å²) in [5.74, 6) is -0.101. The predicted octanol–water partition coefficient (Wildman–Crippen LogP) is 3.02. The molecule has 4 rings (SSSR count). The average molecular weight is 321 g/mol. The number of benzene rings is 2. The highest BCUT2D eigenvalue weighted by atomic mass is 16.2. The molecule has 0 saturated carbocycles. The van der Waals surface area contributed by atoms with Gasteiger partial charge in [-0.3, -0.25) is 9.59 Å². The Morgan fingerprint density at radius 2 is 1.67 bits per heavy atom. The smallest absolute Gasteiger partial charge is 0.276 e. The lowest BCUT2D eigenvalue weighted by atomic mass is 9.92. The van der Waals surface area contributed by atoms with Crippen molar-refractivity contribution in [1.29, 1.82) is 0 Å². The van der Waals surface area contributed by atoms with Crippen LogP contribution in [-0.2, 0) is 10.5 Å². The summed E-state index contributed by atoms with van der Waals surface area (Å²) in [6.07, 6.45) is 0. The quantitative estimate of drug-likeness (QED) is 0.894. The van der Waals surface area contributed by atoms with Gasteiger partial charge >= 0.3 is 0 Å². The minimum Gasteiger partial charge on any atom is -0.350 e. The fourth-order valence-electron chi connectivity index (χ4n) is 3.56. The van der Waals surface area contributed by atoms with Gasteiger partial charge in [0.1, 0.15) is 0 Å². The third kappa shape index (κ3) is 1.87. The zero-order valence-corrected chi connectivity index (χ0v) is 13.7. The Kier molecular flexibility index (Phi) is 3.13. The van der Waals surface area contributed by atoms with Gasteiger partial charge in [0.15, 0.2) is 0 Å². The number of carbonyl (C=O) groups is 2. The molecule has 24 heavy (non-hydrogen) atoms. The summed E-state index contributed by atoms with van der Waals surface area (Å²) in [6, 6.07) is 14.9. The van der Waals surface area contributed by atoms with E-state index in [0.29, 0.717) is 17.8 Å². The van der Waals surface area contributed by atoms with E-state index in [0.717, 1.165) is 11.3 Å². The van der Waals surface area contributed by atoms with Gasteiger partial charge in [-0.05, 0) is 24.1 Å². The molecule has 0 bridgehead atoms. The Hall–Kier alpha value is -2.82. The topological polar surface area (TPSA) is 61.4 Å². The summed E-state index contributed by atoms with van der Waals surface area (Å²) in [7, 11) is 0. The lowest BCUT2D eigenvalue weighted by molar-refractivity contribution is -0.125. The van der Waals surface area contributed by atoms with Crippen molar-refractivity contribution in [3.05, 3.63) is 59.7 Å². The van der Waals surface area contributed by atoms with Crippen LogP contribution in [0, 0.1) is 5.92 Å².